The molecular formula is C12H14N2O2S. The van der Waals surface area contributed by atoms with Gasteiger partial charge in [0.2, 0.25) is 10.0 Å². The highest BCUT2D eigenvalue weighted by Crippen LogP contribution is 2.22. The van der Waals surface area contributed by atoms with Crippen molar-refractivity contribution in [2.45, 2.75) is 0 Å². The molecule has 5 heteroatoms. The van der Waals surface area contributed by atoms with Crippen LogP contribution in [0.1, 0.15) is 0 Å². The highest BCUT2D eigenvalue weighted by Gasteiger charge is 2.03. The lowest BCUT2D eigenvalue weighted by atomic mass is 10.1. The molecule has 0 aliphatic rings. The largest absolute Gasteiger partial charge is 0.383 e. The van der Waals surface area contributed by atoms with Crippen molar-refractivity contribution in [1.82, 2.24) is 0 Å². The highest BCUT2D eigenvalue weighted by molar-refractivity contribution is 7.89. The molecule has 0 amide bonds. The summed E-state index contributed by atoms with van der Waals surface area (Å²) < 4.78 is 21.6. The third kappa shape index (κ3) is 3.18. The zero-order valence-electron chi connectivity index (χ0n) is 9.26. The van der Waals surface area contributed by atoms with Gasteiger partial charge in [0.15, 0.2) is 0 Å². The van der Waals surface area contributed by atoms with Crippen LogP contribution in [0.15, 0.2) is 42.5 Å². The van der Waals surface area contributed by atoms with E-state index in [1.165, 1.54) is 0 Å². The molecule has 0 fully saturated rings. The molecule has 4 nitrogen and oxygen atoms in total. The molecule has 0 bridgehead atoms. The third-order valence-corrected chi connectivity index (χ3v) is 3.26. The zero-order valence-corrected chi connectivity index (χ0v) is 10.1. The fraction of sp³-hybridized carbons (Fsp3) is 0.167. The number of primary sulfonamides is 1. The minimum Gasteiger partial charge on any atom is -0.383 e. The maximum absolute atomic E-state index is 10.8. The summed E-state index contributed by atoms with van der Waals surface area (Å²) in [4.78, 5) is 0. The number of nitrogens with two attached hydrogens (primary N) is 1. The Kier molecular flexibility index (Phi) is 3.31. The van der Waals surface area contributed by atoms with Gasteiger partial charge in [-0.05, 0) is 11.5 Å². The van der Waals surface area contributed by atoms with E-state index in [-0.39, 0.29) is 5.75 Å². The molecule has 2 rings (SSSR count). The van der Waals surface area contributed by atoms with Crippen molar-refractivity contribution in [3.63, 3.8) is 0 Å². The molecule has 2 aromatic rings. The SMILES string of the molecule is NS(=O)(=O)CCNc1cccc2ccccc12. The Balaban J connectivity index is 2.19. The molecule has 0 spiro atoms. The molecule has 0 atom stereocenters. The minimum atomic E-state index is -3.41. The zero-order chi connectivity index (χ0) is 12.3. The molecule has 3 N–H and O–H groups in total. The summed E-state index contributed by atoms with van der Waals surface area (Å²) in [5, 5.41) is 10.2. The van der Waals surface area contributed by atoms with Gasteiger partial charge in [0.1, 0.15) is 0 Å². The van der Waals surface area contributed by atoms with Gasteiger partial charge in [-0.15, -0.1) is 0 Å². The Morgan fingerprint density at radius 1 is 1.06 bits per heavy atom. The van der Waals surface area contributed by atoms with E-state index in [0.29, 0.717) is 6.54 Å². The lowest BCUT2D eigenvalue weighted by Gasteiger charge is -2.08. The Morgan fingerprint density at radius 3 is 2.53 bits per heavy atom. The Labute approximate surface area is 100 Å². The van der Waals surface area contributed by atoms with E-state index >= 15 is 0 Å². The molecule has 2 aromatic carbocycles. The number of hydrogen-bond acceptors (Lipinski definition) is 3. The number of rotatable bonds is 4. The van der Waals surface area contributed by atoms with Crippen LogP contribution in [0.25, 0.3) is 10.8 Å². The number of benzene rings is 2. The average Bonchev–Trinajstić information content (AvgIpc) is 2.28. The van der Waals surface area contributed by atoms with E-state index in [1.54, 1.807) is 0 Å². The van der Waals surface area contributed by atoms with Crippen molar-refractivity contribution >= 4 is 26.5 Å². The first kappa shape index (κ1) is 11.9. The van der Waals surface area contributed by atoms with Crippen LogP contribution < -0.4 is 10.5 Å². The van der Waals surface area contributed by atoms with Crippen molar-refractivity contribution in [2.24, 2.45) is 5.14 Å². The molecule has 0 aliphatic carbocycles. The van der Waals surface area contributed by atoms with Gasteiger partial charge in [-0.1, -0.05) is 36.4 Å². The monoisotopic (exact) mass is 250 g/mol. The summed E-state index contributed by atoms with van der Waals surface area (Å²) in [7, 11) is -3.41. The van der Waals surface area contributed by atoms with Gasteiger partial charge >= 0.3 is 0 Å². The van der Waals surface area contributed by atoms with E-state index < -0.39 is 10.0 Å². The second-order valence-corrected chi connectivity index (χ2v) is 5.55. The first-order chi connectivity index (χ1) is 8.06. The van der Waals surface area contributed by atoms with Crippen LogP contribution in [0, 0.1) is 0 Å². The standard InChI is InChI=1S/C12H14N2O2S/c13-17(15,16)9-8-14-12-7-3-5-10-4-1-2-6-11(10)12/h1-7,14H,8-9H2,(H2,13,15,16). The van der Waals surface area contributed by atoms with E-state index in [0.717, 1.165) is 16.5 Å². The van der Waals surface area contributed by atoms with E-state index in [9.17, 15) is 8.42 Å². The van der Waals surface area contributed by atoms with Crippen LogP contribution in [-0.2, 0) is 10.0 Å². The average molecular weight is 250 g/mol. The number of fused-ring (bicyclic) bond motifs is 1. The highest BCUT2D eigenvalue weighted by atomic mass is 32.2. The topological polar surface area (TPSA) is 72.2 Å². The molecule has 17 heavy (non-hydrogen) atoms. The maximum atomic E-state index is 10.8. The molecular weight excluding hydrogens is 236 g/mol. The number of hydrogen-bond donors (Lipinski definition) is 2. The lowest BCUT2D eigenvalue weighted by molar-refractivity contribution is 0.598. The molecule has 0 aromatic heterocycles. The van der Waals surface area contributed by atoms with Gasteiger partial charge in [0, 0.05) is 17.6 Å². The van der Waals surface area contributed by atoms with Gasteiger partial charge in [-0.2, -0.15) is 0 Å². The number of sulfonamides is 1. The first-order valence-electron chi connectivity index (χ1n) is 5.28. The normalized spacial score (nSPS) is 11.6. The maximum Gasteiger partial charge on any atom is 0.210 e. The van der Waals surface area contributed by atoms with Gasteiger partial charge in [-0.25, -0.2) is 13.6 Å². The van der Waals surface area contributed by atoms with E-state index in [4.69, 9.17) is 5.14 Å². The summed E-state index contributed by atoms with van der Waals surface area (Å²) in [6, 6.07) is 13.8. The van der Waals surface area contributed by atoms with Gasteiger partial charge in [0.25, 0.3) is 0 Å². The number of nitrogens with one attached hydrogen (secondary N) is 1. The fourth-order valence-electron chi connectivity index (χ4n) is 1.71. The van der Waals surface area contributed by atoms with Crippen LogP contribution in [0.4, 0.5) is 5.69 Å². The van der Waals surface area contributed by atoms with Crippen LogP contribution in [0.2, 0.25) is 0 Å². The molecule has 0 saturated carbocycles. The molecule has 90 valence electrons. The van der Waals surface area contributed by atoms with E-state index in [1.807, 2.05) is 42.5 Å². The molecule has 0 radical (unpaired) electrons. The lowest BCUT2D eigenvalue weighted by Crippen LogP contribution is -2.22. The predicted octanol–water partition coefficient (Wildman–Crippen LogP) is 1.54. The van der Waals surface area contributed by atoms with Crippen molar-refractivity contribution < 1.29 is 8.42 Å². The smallest absolute Gasteiger partial charge is 0.210 e. The summed E-state index contributed by atoms with van der Waals surface area (Å²) in [5.41, 5.74) is 0.923. The Hall–Kier alpha value is -1.59. The fourth-order valence-corrected chi connectivity index (χ4v) is 2.09. The molecule has 0 saturated heterocycles. The van der Waals surface area contributed by atoms with Crippen molar-refractivity contribution in [1.29, 1.82) is 0 Å². The quantitative estimate of drug-likeness (QED) is 0.864. The molecule has 0 heterocycles. The minimum absolute atomic E-state index is 0.0732. The van der Waals surface area contributed by atoms with Gasteiger partial charge in [-0.3, -0.25) is 0 Å². The third-order valence-electron chi connectivity index (χ3n) is 2.49. The van der Waals surface area contributed by atoms with Crippen LogP contribution in [0.3, 0.4) is 0 Å². The van der Waals surface area contributed by atoms with Crippen molar-refractivity contribution in [2.75, 3.05) is 17.6 Å². The van der Waals surface area contributed by atoms with Crippen molar-refractivity contribution in [3.05, 3.63) is 42.5 Å². The second kappa shape index (κ2) is 4.73. The summed E-state index contributed by atoms with van der Waals surface area (Å²) in [5.74, 6) is -0.0732. The molecule has 0 unspecified atom stereocenters. The first-order valence-corrected chi connectivity index (χ1v) is 7.00. The summed E-state index contributed by atoms with van der Waals surface area (Å²) >= 11 is 0. The van der Waals surface area contributed by atoms with Gasteiger partial charge in [0.05, 0.1) is 5.75 Å². The summed E-state index contributed by atoms with van der Waals surface area (Å²) in [6.07, 6.45) is 0. The Bertz CT molecular complexity index is 618. The molecule has 0 aliphatic heterocycles. The van der Waals surface area contributed by atoms with Crippen LogP contribution in [0.5, 0.6) is 0 Å². The van der Waals surface area contributed by atoms with E-state index in [2.05, 4.69) is 5.32 Å². The second-order valence-electron chi connectivity index (χ2n) is 3.82. The van der Waals surface area contributed by atoms with Gasteiger partial charge < -0.3 is 5.32 Å². The number of anilines is 1. The predicted molar refractivity (Wildman–Crippen MR) is 70.4 cm³/mol. The van der Waals surface area contributed by atoms with Crippen molar-refractivity contribution in [3.8, 4) is 0 Å². The summed E-state index contributed by atoms with van der Waals surface area (Å²) in [6.45, 7) is 0.312. The van der Waals surface area contributed by atoms with Crippen LogP contribution in [-0.4, -0.2) is 20.7 Å². The Morgan fingerprint density at radius 2 is 1.76 bits per heavy atom. The van der Waals surface area contributed by atoms with Crippen LogP contribution >= 0.6 is 0 Å².